The minimum Gasteiger partial charge on any atom is -0.481 e. The number of hydrogen-bond donors (Lipinski definition) is 1. The van der Waals surface area contributed by atoms with Crippen LogP contribution in [0, 0.1) is 0 Å². The molecule has 1 fully saturated rings. The molecule has 1 aliphatic heterocycles. The Bertz CT molecular complexity index is 546. The van der Waals surface area contributed by atoms with Gasteiger partial charge in [0.25, 0.3) is 5.91 Å². The second-order valence-electron chi connectivity index (χ2n) is 5.83. The molecule has 6 heteroatoms. The number of carbonyl (C=O) groups is 2. The predicted octanol–water partition coefficient (Wildman–Crippen LogP) is 3.46. The van der Waals surface area contributed by atoms with Crippen molar-refractivity contribution >= 4 is 27.8 Å². The molecule has 5 nitrogen and oxygen atoms in total. The third kappa shape index (κ3) is 5.23. The molecule has 23 heavy (non-hydrogen) atoms. The molecule has 2 rings (SSSR count). The molecule has 1 saturated heterocycles. The highest BCUT2D eigenvalue weighted by molar-refractivity contribution is 9.10. The van der Waals surface area contributed by atoms with E-state index in [9.17, 15) is 9.59 Å². The van der Waals surface area contributed by atoms with E-state index >= 15 is 0 Å². The summed E-state index contributed by atoms with van der Waals surface area (Å²) in [4.78, 5) is 25.3. The lowest BCUT2D eigenvalue weighted by Crippen LogP contribution is -2.49. The number of piperidine rings is 1. The lowest BCUT2D eigenvalue weighted by Gasteiger charge is -2.37. The van der Waals surface area contributed by atoms with Crippen LogP contribution in [0.3, 0.4) is 0 Å². The molecule has 0 saturated carbocycles. The maximum atomic E-state index is 12.7. The predicted molar refractivity (Wildman–Crippen MR) is 90.5 cm³/mol. The zero-order valence-corrected chi connectivity index (χ0v) is 14.8. The monoisotopic (exact) mass is 383 g/mol. The topological polar surface area (TPSA) is 66.8 Å². The molecule has 1 aromatic rings. The molecule has 1 aliphatic rings. The van der Waals surface area contributed by atoms with Gasteiger partial charge >= 0.3 is 5.97 Å². The normalized spacial score (nSPS) is 19.2. The number of rotatable bonds is 6. The van der Waals surface area contributed by atoms with Gasteiger partial charge in [0, 0.05) is 23.5 Å². The van der Waals surface area contributed by atoms with Crippen molar-refractivity contribution in [3.8, 4) is 5.75 Å². The van der Waals surface area contributed by atoms with E-state index < -0.39 is 12.1 Å². The fourth-order valence-electron chi connectivity index (χ4n) is 2.88. The van der Waals surface area contributed by atoms with Gasteiger partial charge in [-0.1, -0.05) is 15.9 Å². The van der Waals surface area contributed by atoms with E-state index in [1.807, 2.05) is 24.3 Å². The van der Waals surface area contributed by atoms with Crippen LogP contribution in [0.5, 0.6) is 5.75 Å². The third-order valence-electron chi connectivity index (χ3n) is 4.08. The molecule has 0 bridgehead atoms. The lowest BCUT2D eigenvalue weighted by atomic mass is 9.97. The Morgan fingerprint density at radius 2 is 2.04 bits per heavy atom. The molecular weight excluding hydrogens is 362 g/mol. The van der Waals surface area contributed by atoms with Gasteiger partial charge in [-0.3, -0.25) is 9.59 Å². The highest BCUT2D eigenvalue weighted by Crippen LogP contribution is 2.23. The number of likely N-dealkylation sites (tertiary alicyclic amines) is 1. The van der Waals surface area contributed by atoms with E-state index in [1.54, 1.807) is 11.8 Å². The highest BCUT2D eigenvalue weighted by atomic mass is 79.9. The maximum Gasteiger partial charge on any atom is 0.303 e. The minimum atomic E-state index is -0.817. The summed E-state index contributed by atoms with van der Waals surface area (Å²) in [5.74, 6) is -0.238. The molecule has 0 spiro atoms. The van der Waals surface area contributed by atoms with Crippen LogP contribution in [0.1, 0.15) is 39.0 Å². The highest BCUT2D eigenvalue weighted by Gasteiger charge is 2.30. The smallest absolute Gasteiger partial charge is 0.303 e. The maximum absolute atomic E-state index is 12.7. The lowest BCUT2D eigenvalue weighted by molar-refractivity contribution is -0.144. The second kappa shape index (κ2) is 8.34. The minimum absolute atomic E-state index is 0.00307. The van der Waals surface area contributed by atoms with E-state index in [-0.39, 0.29) is 18.4 Å². The number of ether oxygens (including phenoxy) is 1. The van der Waals surface area contributed by atoms with Gasteiger partial charge in [-0.05, 0) is 56.9 Å². The first-order valence-corrected chi connectivity index (χ1v) is 8.71. The molecule has 126 valence electrons. The number of nitrogens with zero attached hydrogens (tertiary/aromatic N) is 1. The van der Waals surface area contributed by atoms with Gasteiger partial charge in [0.1, 0.15) is 5.75 Å². The molecule has 1 aromatic carbocycles. The standard InChI is InChI=1S/C17H22BrNO4/c1-12(23-15-8-5-13(18)6-9-15)17(22)19-11-3-2-4-14(19)7-10-16(20)21/h5-6,8-9,12,14H,2-4,7,10-11H2,1H3,(H,20,21). The van der Waals surface area contributed by atoms with Crippen molar-refractivity contribution in [2.24, 2.45) is 0 Å². The summed E-state index contributed by atoms with van der Waals surface area (Å²) in [6, 6.07) is 7.35. The number of carbonyl (C=O) groups excluding carboxylic acids is 1. The summed E-state index contributed by atoms with van der Waals surface area (Å²) in [5, 5.41) is 8.86. The van der Waals surface area contributed by atoms with Gasteiger partial charge < -0.3 is 14.7 Å². The van der Waals surface area contributed by atoms with Crippen LogP contribution >= 0.6 is 15.9 Å². The van der Waals surface area contributed by atoms with Gasteiger partial charge in [0.05, 0.1) is 0 Å². The number of carboxylic acids is 1. The Kier molecular flexibility index (Phi) is 6.45. The Labute approximate surface area is 144 Å². The van der Waals surface area contributed by atoms with Crippen molar-refractivity contribution in [1.82, 2.24) is 4.90 Å². The van der Waals surface area contributed by atoms with Crippen LogP contribution in [-0.4, -0.2) is 40.6 Å². The molecule has 0 aromatic heterocycles. The van der Waals surface area contributed by atoms with Crippen LogP contribution in [0.15, 0.2) is 28.7 Å². The summed E-state index contributed by atoms with van der Waals surface area (Å²) in [7, 11) is 0. The zero-order chi connectivity index (χ0) is 16.8. The van der Waals surface area contributed by atoms with Gasteiger partial charge in [0.2, 0.25) is 0 Å². The zero-order valence-electron chi connectivity index (χ0n) is 13.2. The number of halogens is 1. The summed E-state index contributed by atoms with van der Waals surface area (Å²) in [5.41, 5.74) is 0. The van der Waals surface area contributed by atoms with Gasteiger partial charge in [-0.15, -0.1) is 0 Å². The number of benzene rings is 1. The average molecular weight is 384 g/mol. The van der Waals surface area contributed by atoms with Crippen LogP contribution in [0.25, 0.3) is 0 Å². The number of amides is 1. The van der Waals surface area contributed by atoms with Crippen LogP contribution in [0.4, 0.5) is 0 Å². The van der Waals surface area contributed by atoms with Crippen molar-refractivity contribution in [3.63, 3.8) is 0 Å². The van der Waals surface area contributed by atoms with E-state index in [4.69, 9.17) is 9.84 Å². The van der Waals surface area contributed by atoms with Crippen LogP contribution in [0.2, 0.25) is 0 Å². The van der Waals surface area contributed by atoms with Crippen molar-refractivity contribution in [2.45, 2.75) is 51.2 Å². The Hall–Kier alpha value is -1.56. The Morgan fingerprint density at radius 3 is 2.70 bits per heavy atom. The average Bonchev–Trinajstić information content (AvgIpc) is 2.54. The van der Waals surface area contributed by atoms with Crippen molar-refractivity contribution in [3.05, 3.63) is 28.7 Å². The number of carboxylic acid groups (broad SMARTS) is 1. The molecule has 1 amide bonds. The first-order chi connectivity index (χ1) is 11.0. The van der Waals surface area contributed by atoms with Crippen LogP contribution in [-0.2, 0) is 9.59 Å². The fraction of sp³-hybridized carbons (Fsp3) is 0.529. The molecule has 0 aliphatic carbocycles. The van der Waals surface area contributed by atoms with Gasteiger partial charge in [-0.2, -0.15) is 0 Å². The quantitative estimate of drug-likeness (QED) is 0.816. The first-order valence-electron chi connectivity index (χ1n) is 7.92. The van der Waals surface area contributed by atoms with Crippen molar-refractivity contribution in [1.29, 1.82) is 0 Å². The van der Waals surface area contributed by atoms with Crippen molar-refractivity contribution in [2.75, 3.05) is 6.54 Å². The van der Waals surface area contributed by atoms with E-state index in [0.29, 0.717) is 18.7 Å². The number of aliphatic carboxylic acids is 1. The Balaban J connectivity index is 1.97. The van der Waals surface area contributed by atoms with Crippen LogP contribution < -0.4 is 4.74 Å². The summed E-state index contributed by atoms with van der Waals surface area (Å²) >= 11 is 3.36. The van der Waals surface area contributed by atoms with E-state index in [2.05, 4.69) is 15.9 Å². The molecule has 1 N–H and O–H groups in total. The summed E-state index contributed by atoms with van der Waals surface area (Å²) in [6.07, 6.45) is 2.88. The molecular formula is C17H22BrNO4. The second-order valence-corrected chi connectivity index (χ2v) is 6.74. The SMILES string of the molecule is CC(Oc1ccc(Br)cc1)C(=O)N1CCCCC1CCC(=O)O. The molecule has 2 unspecified atom stereocenters. The van der Waals surface area contributed by atoms with E-state index in [1.165, 1.54) is 0 Å². The van der Waals surface area contributed by atoms with Gasteiger partial charge in [0.15, 0.2) is 6.10 Å². The summed E-state index contributed by atoms with van der Waals surface area (Å²) in [6.45, 7) is 2.42. The third-order valence-corrected chi connectivity index (χ3v) is 4.60. The first kappa shape index (κ1) is 17.8. The molecule has 0 radical (unpaired) electrons. The molecule has 2 atom stereocenters. The van der Waals surface area contributed by atoms with Gasteiger partial charge in [-0.25, -0.2) is 0 Å². The molecule has 1 heterocycles. The Morgan fingerprint density at radius 1 is 1.35 bits per heavy atom. The largest absolute Gasteiger partial charge is 0.481 e. The fourth-order valence-corrected chi connectivity index (χ4v) is 3.15. The van der Waals surface area contributed by atoms with Crippen molar-refractivity contribution < 1.29 is 19.4 Å². The number of hydrogen-bond acceptors (Lipinski definition) is 3. The van der Waals surface area contributed by atoms with E-state index in [0.717, 1.165) is 23.7 Å². The summed E-state index contributed by atoms with van der Waals surface area (Å²) < 4.78 is 6.68.